The molecule has 5 heteroatoms. The van der Waals surface area contributed by atoms with E-state index in [1.807, 2.05) is 53.9 Å². The average molecular weight is 352 g/mol. The number of anilines is 1. The fourth-order valence-corrected chi connectivity index (χ4v) is 3.38. The molecule has 1 amide bonds. The highest BCUT2D eigenvalue weighted by atomic mass is 32.1. The van der Waals surface area contributed by atoms with Crippen LogP contribution in [0.3, 0.4) is 0 Å². The third-order valence-electron chi connectivity index (χ3n) is 3.80. The Balaban J connectivity index is 1.63. The quantitative estimate of drug-likeness (QED) is 0.674. The Hall–Kier alpha value is -2.63. The molecule has 0 aliphatic heterocycles. The fraction of sp³-hybridized carbons (Fsp3) is 0.150. The lowest BCUT2D eigenvalue weighted by Crippen LogP contribution is -2.31. The van der Waals surface area contributed by atoms with Crippen LogP contribution in [0.2, 0.25) is 0 Å². The van der Waals surface area contributed by atoms with E-state index in [9.17, 15) is 4.79 Å². The van der Waals surface area contributed by atoms with Crippen molar-refractivity contribution in [1.29, 1.82) is 0 Å². The van der Waals surface area contributed by atoms with Crippen LogP contribution in [0.1, 0.15) is 16.5 Å². The minimum Gasteiger partial charge on any atom is -0.497 e. The number of hydrogen-bond acceptors (Lipinski definition) is 4. The molecule has 3 rings (SSSR count). The Morgan fingerprint density at radius 1 is 1.04 bits per heavy atom. The SMILES string of the molecule is COc1ccc(NC(=O)CN[C@H](c2ccccc2)c2cccs2)cc1. The Labute approximate surface area is 151 Å². The van der Waals surface area contributed by atoms with Gasteiger partial charge < -0.3 is 10.1 Å². The molecule has 0 radical (unpaired) electrons. The van der Waals surface area contributed by atoms with Crippen LogP contribution in [0.15, 0.2) is 72.1 Å². The molecule has 1 heterocycles. The van der Waals surface area contributed by atoms with Gasteiger partial charge >= 0.3 is 0 Å². The van der Waals surface area contributed by atoms with Crippen LogP contribution in [0.25, 0.3) is 0 Å². The molecule has 3 aromatic rings. The van der Waals surface area contributed by atoms with E-state index in [1.54, 1.807) is 18.4 Å². The topological polar surface area (TPSA) is 50.4 Å². The largest absolute Gasteiger partial charge is 0.497 e. The van der Waals surface area contributed by atoms with Gasteiger partial charge in [-0.25, -0.2) is 0 Å². The van der Waals surface area contributed by atoms with Gasteiger partial charge in [-0.05, 0) is 41.3 Å². The van der Waals surface area contributed by atoms with Crippen molar-refractivity contribution in [3.05, 3.63) is 82.6 Å². The maximum absolute atomic E-state index is 12.3. The number of carbonyl (C=O) groups excluding carboxylic acids is 1. The molecule has 2 N–H and O–H groups in total. The molecule has 1 atom stereocenters. The number of nitrogens with one attached hydrogen (secondary N) is 2. The second kappa shape index (κ2) is 8.46. The van der Waals surface area contributed by atoms with E-state index in [2.05, 4.69) is 28.8 Å². The van der Waals surface area contributed by atoms with Crippen molar-refractivity contribution in [1.82, 2.24) is 5.32 Å². The molecule has 2 aromatic carbocycles. The number of thiophene rings is 1. The van der Waals surface area contributed by atoms with Crippen LogP contribution >= 0.6 is 11.3 Å². The number of carbonyl (C=O) groups is 1. The number of benzene rings is 2. The van der Waals surface area contributed by atoms with E-state index in [-0.39, 0.29) is 18.5 Å². The summed E-state index contributed by atoms with van der Waals surface area (Å²) >= 11 is 1.68. The molecular formula is C20H20N2O2S. The smallest absolute Gasteiger partial charge is 0.238 e. The number of hydrogen-bond donors (Lipinski definition) is 2. The van der Waals surface area contributed by atoms with Gasteiger partial charge in [0, 0.05) is 10.6 Å². The summed E-state index contributed by atoms with van der Waals surface area (Å²) in [7, 11) is 1.62. The molecule has 0 saturated carbocycles. The van der Waals surface area contributed by atoms with Gasteiger partial charge in [0.2, 0.25) is 5.91 Å². The molecule has 128 valence electrons. The van der Waals surface area contributed by atoms with Crippen LogP contribution in [-0.4, -0.2) is 19.6 Å². The Bertz CT molecular complexity index is 786. The van der Waals surface area contributed by atoms with Gasteiger partial charge in [0.1, 0.15) is 5.75 Å². The highest BCUT2D eigenvalue weighted by molar-refractivity contribution is 7.10. The molecule has 0 unspecified atom stereocenters. The summed E-state index contributed by atoms with van der Waals surface area (Å²) in [5, 5.41) is 8.29. The summed E-state index contributed by atoms with van der Waals surface area (Å²) in [4.78, 5) is 13.5. The van der Waals surface area contributed by atoms with Crippen LogP contribution in [-0.2, 0) is 4.79 Å². The van der Waals surface area contributed by atoms with Crippen molar-refractivity contribution in [2.24, 2.45) is 0 Å². The number of rotatable bonds is 7. The second-order valence-corrected chi connectivity index (χ2v) is 6.50. The van der Waals surface area contributed by atoms with Crippen LogP contribution in [0, 0.1) is 0 Å². The highest BCUT2D eigenvalue weighted by Crippen LogP contribution is 2.25. The predicted octanol–water partition coefficient (Wildman–Crippen LogP) is 4.07. The lowest BCUT2D eigenvalue weighted by Gasteiger charge is -2.18. The first-order chi connectivity index (χ1) is 12.3. The molecule has 0 aliphatic rings. The van der Waals surface area contributed by atoms with Crippen LogP contribution in [0.4, 0.5) is 5.69 Å². The van der Waals surface area contributed by atoms with E-state index in [1.165, 1.54) is 4.88 Å². The Kier molecular flexibility index (Phi) is 5.82. The normalized spacial score (nSPS) is 11.7. The van der Waals surface area contributed by atoms with Gasteiger partial charge in [-0.1, -0.05) is 36.4 Å². The standard InChI is InChI=1S/C20H20N2O2S/c1-24-17-11-9-16(10-12-17)22-19(23)14-21-20(18-8-5-13-25-18)15-6-3-2-4-7-15/h2-13,20-21H,14H2,1H3,(H,22,23)/t20-/m1/s1. The summed E-state index contributed by atoms with van der Waals surface area (Å²) in [6.07, 6.45) is 0. The van der Waals surface area contributed by atoms with Gasteiger partial charge in [0.15, 0.2) is 0 Å². The third-order valence-corrected chi connectivity index (χ3v) is 4.74. The molecular weight excluding hydrogens is 332 g/mol. The van der Waals surface area contributed by atoms with Crippen molar-refractivity contribution < 1.29 is 9.53 Å². The molecule has 1 aromatic heterocycles. The zero-order valence-corrected chi connectivity index (χ0v) is 14.8. The lowest BCUT2D eigenvalue weighted by atomic mass is 10.1. The average Bonchev–Trinajstić information content (AvgIpc) is 3.18. The number of methoxy groups -OCH3 is 1. The zero-order valence-electron chi connectivity index (χ0n) is 13.9. The minimum atomic E-state index is -0.0809. The number of amides is 1. The second-order valence-electron chi connectivity index (χ2n) is 5.52. The monoisotopic (exact) mass is 352 g/mol. The van der Waals surface area contributed by atoms with Crippen LogP contribution < -0.4 is 15.4 Å². The molecule has 0 fully saturated rings. The lowest BCUT2D eigenvalue weighted by molar-refractivity contribution is -0.115. The number of ether oxygens (including phenoxy) is 1. The van der Waals surface area contributed by atoms with E-state index in [0.717, 1.165) is 17.0 Å². The van der Waals surface area contributed by atoms with Gasteiger partial charge in [0.05, 0.1) is 19.7 Å². The summed E-state index contributed by atoms with van der Waals surface area (Å²) in [6, 6.07) is 21.5. The first-order valence-corrected chi connectivity index (χ1v) is 8.90. The van der Waals surface area contributed by atoms with Crippen molar-refractivity contribution in [3.63, 3.8) is 0 Å². The van der Waals surface area contributed by atoms with Gasteiger partial charge in [-0.2, -0.15) is 0 Å². The first kappa shape index (κ1) is 17.2. The Morgan fingerprint density at radius 3 is 2.44 bits per heavy atom. The summed E-state index contributed by atoms with van der Waals surface area (Å²) in [6.45, 7) is 0.226. The summed E-state index contributed by atoms with van der Waals surface area (Å²) in [5.41, 5.74) is 1.89. The predicted molar refractivity (Wildman–Crippen MR) is 102 cm³/mol. The molecule has 25 heavy (non-hydrogen) atoms. The Morgan fingerprint density at radius 2 is 1.80 bits per heavy atom. The fourth-order valence-electron chi connectivity index (χ4n) is 2.56. The molecule has 0 saturated heterocycles. The molecule has 0 spiro atoms. The van der Waals surface area contributed by atoms with E-state index >= 15 is 0 Å². The van der Waals surface area contributed by atoms with Crippen molar-refractivity contribution in [3.8, 4) is 5.75 Å². The van der Waals surface area contributed by atoms with Gasteiger partial charge in [0.25, 0.3) is 0 Å². The van der Waals surface area contributed by atoms with E-state index in [0.29, 0.717) is 0 Å². The molecule has 4 nitrogen and oxygen atoms in total. The summed E-state index contributed by atoms with van der Waals surface area (Å²) in [5.74, 6) is 0.681. The van der Waals surface area contributed by atoms with Crippen molar-refractivity contribution >= 4 is 22.9 Å². The molecule has 0 aliphatic carbocycles. The maximum Gasteiger partial charge on any atom is 0.238 e. The van der Waals surface area contributed by atoms with Gasteiger partial charge in [-0.15, -0.1) is 11.3 Å². The van der Waals surface area contributed by atoms with Crippen LogP contribution in [0.5, 0.6) is 5.75 Å². The van der Waals surface area contributed by atoms with Gasteiger partial charge in [-0.3, -0.25) is 10.1 Å². The summed E-state index contributed by atoms with van der Waals surface area (Å²) < 4.78 is 5.12. The third kappa shape index (κ3) is 4.68. The maximum atomic E-state index is 12.3. The molecule has 0 bridgehead atoms. The van der Waals surface area contributed by atoms with Crippen molar-refractivity contribution in [2.75, 3.05) is 19.0 Å². The van der Waals surface area contributed by atoms with Crippen molar-refractivity contribution in [2.45, 2.75) is 6.04 Å². The first-order valence-electron chi connectivity index (χ1n) is 8.02. The van der Waals surface area contributed by atoms with E-state index < -0.39 is 0 Å². The van der Waals surface area contributed by atoms with E-state index in [4.69, 9.17) is 4.74 Å². The highest BCUT2D eigenvalue weighted by Gasteiger charge is 2.15. The zero-order chi connectivity index (χ0) is 17.5. The minimum absolute atomic E-state index is 0.00261.